The molecule has 4 rings (SSSR count). The van der Waals surface area contributed by atoms with Crippen LogP contribution >= 0.6 is 23.2 Å². The van der Waals surface area contributed by atoms with Crippen LogP contribution in [0.2, 0.25) is 5.02 Å². The van der Waals surface area contributed by atoms with Crippen molar-refractivity contribution < 1.29 is 9.59 Å². The molecule has 8 heteroatoms. The zero-order chi connectivity index (χ0) is 21.4. The summed E-state index contributed by atoms with van der Waals surface area (Å²) in [6, 6.07) is 13.2. The number of aldehydes is 1. The standard InChI is InChI=1S/C22H15Cl2N3O3/c1-13-2-4-14(5-3-13)20-17(10-28)19(24)18-21(27(20)12-29)25-11-26(22(18)30)16-8-6-15(23)7-9-16/h2-12,20H,1H3. The molecule has 3 aromatic rings. The Kier molecular flexibility index (Phi) is 5.28. The van der Waals surface area contributed by atoms with Gasteiger partial charge in [-0.15, -0.1) is 0 Å². The van der Waals surface area contributed by atoms with Crippen LogP contribution in [-0.4, -0.2) is 22.2 Å². The Hall–Kier alpha value is -3.22. The van der Waals surface area contributed by atoms with Crippen LogP contribution in [0.25, 0.3) is 10.7 Å². The average molecular weight is 440 g/mol. The summed E-state index contributed by atoms with van der Waals surface area (Å²) in [6.45, 7) is 1.93. The summed E-state index contributed by atoms with van der Waals surface area (Å²) < 4.78 is 1.29. The predicted octanol–water partition coefficient (Wildman–Crippen LogP) is 4.06. The van der Waals surface area contributed by atoms with Gasteiger partial charge in [0, 0.05) is 10.6 Å². The van der Waals surface area contributed by atoms with Gasteiger partial charge < -0.3 is 0 Å². The smallest absolute Gasteiger partial charge is 0.268 e. The number of carbonyl (C=O) groups excluding carboxylic acids is 2. The van der Waals surface area contributed by atoms with E-state index >= 15 is 0 Å². The third-order valence-corrected chi connectivity index (χ3v) is 5.64. The maximum Gasteiger partial charge on any atom is 0.268 e. The van der Waals surface area contributed by atoms with Crippen molar-refractivity contribution in [1.82, 2.24) is 9.55 Å². The van der Waals surface area contributed by atoms with E-state index < -0.39 is 11.6 Å². The number of hydrogen-bond donors (Lipinski definition) is 0. The van der Waals surface area contributed by atoms with Gasteiger partial charge in [-0.2, -0.15) is 0 Å². The Labute approximate surface area is 182 Å². The van der Waals surface area contributed by atoms with Gasteiger partial charge in [-0.1, -0.05) is 53.0 Å². The Bertz CT molecular complexity index is 1230. The molecule has 0 aliphatic carbocycles. The number of benzene rings is 2. The van der Waals surface area contributed by atoms with Crippen molar-refractivity contribution in [2.24, 2.45) is 0 Å². The molecule has 1 aromatic heterocycles. The van der Waals surface area contributed by atoms with Crippen LogP contribution in [0.4, 0.5) is 5.82 Å². The molecule has 6 nitrogen and oxygen atoms in total. The van der Waals surface area contributed by atoms with Gasteiger partial charge in [-0.25, -0.2) is 4.98 Å². The van der Waals surface area contributed by atoms with E-state index in [0.717, 1.165) is 5.56 Å². The molecular formula is C22H15Cl2N3O3. The lowest BCUT2D eigenvalue weighted by atomic mass is 9.92. The van der Waals surface area contributed by atoms with Crippen LogP contribution in [-0.2, 0) is 9.59 Å². The minimum Gasteiger partial charge on any atom is -0.298 e. The number of amides is 1. The van der Waals surface area contributed by atoms with Gasteiger partial charge in [0.1, 0.15) is 18.2 Å². The lowest BCUT2D eigenvalue weighted by Crippen LogP contribution is -2.37. The maximum atomic E-state index is 13.2. The van der Waals surface area contributed by atoms with Gasteiger partial charge in [0.15, 0.2) is 5.82 Å². The number of halogens is 2. The normalized spacial score (nSPS) is 15.7. The van der Waals surface area contributed by atoms with Crippen molar-refractivity contribution in [2.45, 2.75) is 13.0 Å². The molecule has 30 heavy (non-hydrogen) atoms. The SMILES string of the molecule is Cc1ccc(C2C(C=O)=C(Cl)c3c(ncn(-c4ccc(Cl)cc4)c3=O)N2C=O)cc1. The van der Waals surface area contributed by atoms with Crippen molar-refractivity contribution in [3.8, 4) is 5.69 Å². The molecule has 0 radical (unpaired) electrons. The van der Waals surface area contributed by atoms with Crippen molar-refractivity contribution in [2.75, 3.05) is 4.90 Å². The van der Waals surface area contributed by atoms with Crippen molar-refractivity contribution >= 4 is 46.7 Å². The molecule has 1 unspecified atom stereocenters. The number of rotatable bonds is 4. The lowest BCUT2D eigenvalue weighted by Gasteiger charge is -2.33. The number of anilines is 1. The summed E-state index contributed by atoms with van der Waals surface area (Å²) in [4.78, 5) is 42.8. The van der Waals surface area contributed by atoms with E-state index in [1.165, 1.54) is 15.8 Å². The quantitative estimate of drug-likeness (QED) is 0.574. The molecule has 0 spiro atoms. The van der Waals surface area contributed by atoms with Crippen LogP contribution in [0.3, 0.4) is 0 Å². The number of aromatic nitrogens is 2. The zero-order valence-corrected chi connectivity index (χ0v) is 17.3. The van der Waals surface area contributed by atoms with Gasteiger partial charge >= 0.3 is 0 Å². The van der Waals surface area contributed by atoms with E-state index in [1.54, 1.807) is 24.3 Å². The van der Waals surface area contributed by atoms with Gasteiger partial charge in [-0.05, 0) is 36.8 Å². The summed E-state index contributed by atoms with van der Waals surface area (Å²) >= 11 is 12.5. The second-order valence-electron chi connectivity index (χ2n) is 6.81. The zero-order valence-electron chi connectivity index (χ0n) is 15.8. The van der Waals surface area contributed by atoms with Gasteiger partial charge in [0.05, 0.1) is 16.8 Å². The highest BCUT2D eigenvalue weighted by Gasteiger charge is 2.36. The van der Waals surface area contributed by atoms with Crippen LogP contribution < -0.4 is 10.5 Å². The van der Waals surface area contributed by atoms with E-state index in [2.05, 4.69) is 4.98 Å². The first-order valence-electron chi connectivity index (χ1n) is 8.99. The van der Waals surface area contributed by atoms with Gasteiger partial charge in [0.2, 0.25) is 6.41 Å². The third kappa shape index (κ3) is 3.24. The molecular weight excluding hydrogens is 425 g/mol. The largest absolute Gasteiger partial charge is 0.298 e. The third-order valence-electron chi connectivity index (χ3n) is 4.98. The highest BCUT2D eigenvalue weighted by atomic mass is 35.5. The maximum absolute atomic E-state index is 13.2. The Morgan fingerprint density at radius 3 is 2.27 bits per heavy atom. The van der Waals surface area contributed by atoms with Crippen molar-refractivity contribution in [1.29, 1.82) is 0 Å². The molecule has 1 amide bonds. The topological polar surface area (TPSA) is 72.3 Å². The van der Waals surface area contributed by atoms with E-state index in [-0.39, 0.29) is 22.0 Å². The fourth-order valence-electron chi connectivity index (χ4n) is 3.47. The number of hydrogen-bond acceptors (Lipinski definition) is 4. The Morgan fingerprint density at radius 1 is 1.00 bits per heavy atom. The number of carbonyl (C=O) groups is 2. The highest BCUT2D eigenvalue weighted by molar-refractivity contribution is 6.51. The molecule has 2 aromatic carbocycles. The molecule has 150 valence electrons. The molecule has 0 N–H and O–H groups in total. The summed E-state index contributed by atoms with van der Waals surface area (Å²) in [5.41, 5.74) is 1.84. The number of aryl methyl sites for hydroxylation is 1. The van der Waals surface area contributed by atoms with E-state index in [4.69, 9.17) is 23.2 Å². The van der Waals surface area contributed by atoms with E-state index in [0.29, 0.717) is 29.0 Å². The van der Waals surface area contributed by atoms with Crippen LogP contribution in [0, 0.1) is 6.92 Å². The highest BCUT2D eigenvalue weighted by Crippen LogP contribution is 2.42. The minimum atomic E-state index is -0.779. The molecule has 1 aliphatic rings. The molecule has 1 aliphatic heterocycles. The number of nitrogens with zero attached hydrogens (tertiary/aromatic N) is 3. The molecule has 0 saturated carbocycles. The average Bonchev–Trinajstić information content (AvgIpc) is 2.75. The summed E-state index contributed by atoms with van der Waals surface area (Å²) in [5.74, 6) is 0.0985. The monoisotopic (exact) mass is 439 g/mol. The van der Waals surface area contributed by atoms with Gasteiger partial charge in [0.25, 0.3) is 5.56 Å². The Morgan fingerprint density at radius 2 is 1.67 bits per heavy atom. The molecule has 2 heterocycles. The second kappa shape index (κ2) is 7.89. The number of fused-ring (bicyclic) bond motifs is 1. The Balaban J connectivity index is 1.95. The van der Waals surface area contributed by atoms with Crippen molar-refractivity contribution in [3.05, 3.63) is 92.5 Å². The molecule has 0 saturated heterocycles. The summed E-state index contributed by atoms with van der Waals surface area (Å²) in [7, 11) is 0. The molecule has 0 bridgehead atoms. The van der Waals surface area contributed by atoms with Gasteiger partial charge in [-0.3, -0.25) is 23.9 Å². The first-order valence-corrected chi connectivity index (χ1v) is 9.75. The first-order chi connectivity index (χ1) is 14.5. The fraction of sp³-hybridized carbons (Fsp3) is 0.0909. The summed E-state index contributed by atoms with van der Waals surface area (Å²) in [6.07, 6.45) is 2.45. The fourth-order valence-corrected chi connectivity index (χ4v) is 3.91. The van der Waals surface area contributed by atoms with E-state index in [9.17, 15) is 14.4 Å². The predicted molar refractivity (Wildman–Crippen MR) is 116 cm³/mol. The van der Waals surface area contributed by atoms with Crippen LogP contribution in [0.1, 0.15) is 22.7 Å². The van der Waals surface area contributed by atoms with E-state index in [1.807, 2.05) is 31.2 Å². The second-order valence-corrected chi connectivity index (χ2v) is 7.62. The molecule has 1 atom stereocenters. The lowest BCUT2D eigenvalue weighted by molar-refractivity contribution is -0.108. The first kappa shape index (κ1) is 20.1. The van der Waals surface area contributed by atoms with Crippen LogP contribution in [0.15, 0.2) is 65.2 Å². The molecule has 0 fully saturated rings. The van der Waals surface area contributed by atoms with Crippen LogP contribution in [0.5, 0.6) is 0 Å². The minimum absolute atomic E-state index is 0.00771. The van der Waals surface area contributed by atoms with Crippen molar-refractivity contribution in [3.63, 3.8) is 0 Å². The summed E-state index contributed by atoms with van der Waals surface area (Å²) in [5, 5.41) is 0.497.